The zero-order valence-electron chi connectivity index (χ0n) is 10.4. The van der Waals surface area contributed by atoms with Crippen LogP contribution in [0.25, 0.3) is 0 Å². The molecule has 19 heavy (non-hydrogen) atoms. The van der Waals surface area contributed by atoms with Gasteiger partial charge in [-0.2, -0.15) is 13.2 Å². The molecule has 8 heteroatoms. The summed E-state index contributed by atoms with van der Waals surface area (Å²) in [5.41, 5.74) is 4.46. The summed E-state index contributed by atoms with van der Waals surface area (Å²) in [5.74, 6) is -1.39. The number of halogens is 3. The quantitative estimate of drug-likeness (QED) is 0.811. The molecule has 2 rings (SSSR count). The van der Waals surface area contributed by atoms with Crippen LogP contribution in [0, 0.1) is 0 Å². The summed E-state index contributed by atoms with van der Waals surface area (Å²) in [6.07, 6.45) is -3.35. The van der Waals surface area contributed by atoms with Crippen LogP contribution in [0.5, 0.6) is 0 Å². The fourth-order valence-corrected chi connectivity index (χ4v) is 2.16. The molecule has 1 aliphatic heterocycles. The van der Waals surface area contributed by atoms with E-state index in [-0.39, 0.29) is 18.2 Å². The smallest absolute Gasteiger partial charge is 0.388 e. The number of piperidine rings is 1. The Labute approximate surface area is 108 Å². The minimum Gasteiger partial charge on any atom is -0.388 e. The Bertz CT molecular complexity index is 475. The zero-order chi connectivity index (χ0) is 14.3. The number of anilines is 2. The number of hydrogen-bond acceptors (Lipinski definition) is 5. The van der Waals surface area contributed by atoms with Crippen LogP contribution < -0.4 is 10.6 Å². The minimum absolute atomic E-state index is 0.0970. The lowest BCUT2D eigenvalue weighted by Gasteiger charge is -2.37. The Morgan fingerprint density at radius 1 is 1.42 bits per heavy atom. The molecule has 0 aromatic carbocycles. The molecule has 1 aliphatic rings. The standard InChI is InChI=1S/C11H15F3N4O/c1-10(19)3-2-4-18(6-10)8-5-7(15)16-9(17-8)11(12,13)14/h5,19H,2-4,6H2,1H3,(H2,15,16,17). The second kappa shape index (κ2) is 4.52. The first-order chi connectivity index (χ1) is 8.67. The first kappa shape index (κ1) is 13.9. The number of rotatable bonds is 1. The van der Waals surface area contributed by atoms with E-state index in [1.54, 1.807) is 11.8 Å². The molecule has 1 fully saturated rings. The summed E-state index contributed by atoms with van der Waals surface area (Å²) in [7, 11) is 0. The van der Waals surface area contributed by atoms with Gasteiger partial charge in [0, 0.05) is 19.2 Å². The number of aromatic nitrogens is 2. The molecule has 0 amide bonds. The van der Waals surface area contributed by atoms with Gasteiger partial charge in [-0.1, -0.05) is 0 Å². The van der Waals surface area contributed by atoms with Crippen LogP contribution in [-0.2, 0) is 6.18 Å². The molecule has 1 atom stereocenters. The van der Waals surface area contributed by atoms with Crippen molar-refractivity contribution in [1.29, 1.82) is 0 Å². The van der Waals surface area contributed by atoms with Gasteiger partial charge in [0.25, 0.3) is 0 Å². The first-order valence-corrected chi connectivity index (χ1v) is 5.86. The molecule has 3 N–H and O–H groups in total. The molecular formula is C11H15F3N4O. The van der Waals surface area contributed by atoms with Gasteiger partial charge in [-0.25, -0.2) is 9.97 Å². The molecule has 0 aliphatic carbocycles. The third-order valence-electron chi connectivity index (χ3n) is 2.98. The maximum absolute atomic E-state index is 12.6. The third-order valence-corrected chi connectivity index (χ3v) is 2.98. The van der Waals surface area contributed by atoms with E-state index in [0.29, 0.717) is 19.4 Å². The first-order valence-electron chi connectivity index (χ1n) is 5.86. The van der Waals surface area contributed by atoms with Gasteiger partial charge in [-0.05, 0) is 19.8 Å². The van der Waals surface area contributed by atoms with Crippen molar-refractivity contribution in [2.24, 2.45) is 0 Å². The predicted octanol–water partition coefficient (Wildman–Crippen LogP) is 1.43. The van der Waals surface area contributed by atoms with Crippen LogP contribution in [0.2, 0.25) is 0 Å². The lowest BCUT2D eigenvalue weighted by Crippen LogP contribution is -2.46. The van der Waals surface area contributed by atoms with Gasteiger partial charge in [0.1, 0.15) is 11.6 Å². The highest BCUT2D eigenvalue weighted by Gasteiger charge is 2.36. The van der Waals surface area contributed by atoms with Gasteiger partial charge >= 0.3 is 6.18 Å². The molecule has 2 heterocycles. The fourth-order valence-electron chi connectivity index (χ4n) is 2.16. The number of β-amino-alcohol motifs (C(OH)–C–C–N with tert-alkyl or cyclic N) is 1. The molecule has 1 aromatic rings. The Balaban J connectivity index is 2.32. The molecule has 0 saturated carbocycles. The Morgan fingerprint density at radius 3 is 2.68 bits per heavy atom. The number of aliphatic hydroxyl groups is 1. The summed E-state index contributed by atoms with van der Waals surface area (Å²) >= 11 is 0. The van der Waals surface area contributed by atoms with Gasteiger partial charge < -0.3 is 15.7 Å². The second-order valence-electron chi connectivity index (χ2n) is 4.99. The summed E-state index contributed by atoms with van der Waals surface area (Å²) in [6.45, 7) is 2.40. The lowest BCUT2D eigenvalue weighted by molar-refractivity contribution is -0.144. The average molecular weight is 276 g/mol. The Kier molecular flexibility index (Phi) is 3.29. The molecule has 0 radical (unpaired) electrons. The predicted molar refractivity (Wildman–Crippen MR) is 63.5 cm³/mol. The lowest BCUT2D eigenvalue weighted by atomic mass is 9.95. The highest BCUT2D eigenvalue weighted by molar-refractivity contribution is 5.48. The van der Waals surface area contributed by atoms with Crippen molar-refractivity contribution in [2.45, 2.75) is 31.5 Å². The van der Waals surface area contributed by atoms with Gasteiger partial charge in [0.05, 0.1) is 5.60 Å². The van der Waals surface area contributed by atoms with Crippen LogP contribution in [0.15, 0.2) is 6.07 Å². The number of hydrogen-bond donors (Lipinski definition) is 2. The van der Waals surface area contributed by atoms with Crippen molar-refractivity contribution in [3.05, 3.63) is 11.9 Å². The van der Waals surface area contributed by atoms with Crippen molar-refractivity contribution >= 4 is 11.6 Å². The maximum Gasteiger partial charge on any atom is 0.451 e. The van der Waals surface area contributed by atoms with Crippen molar-refractivity contribution in [3.63, 3.8) is 0 Å². The molecule has 106 valence electrons. The molecule has 0 spiro atoms. The molecule has 1 aromatic heterocycles. The van der Waals surface area contributed by atoms with E-state index >= 15 is 0 Å². The van der Waals surface area contributed by atoms with E-state index in [2.05, 4.69) is 9.97 Å². The highest BCUT2D eigenvalue weighted by atomic mass is 19.4. The molecule has 1 saturated heterocycles. The monoisotopic (exact) mass is 276 g/mol. The van der Waals surface area contributed by atoms with Crippen LogP contribution in [-0.4, -0.2) is 33.8 Å². The Hall–Kier alpha value is -1.57. The maximum atomic E-state index is 12.6. The van der Waals surface area contributed by atoms with Crippen molar-refractivity contribution in [2.75, 3.05) is 23.7 Å². The molecule has 5 nitrogen and oxygen atoms in total. The number of nitrogens with zero attached hydrogens (tertiary/aromatic N) is 3. The third kappa shape index (κ3) is 3.25. The molecule has 1 unspecified atom stereocenters. The molecule has 0 bridgehead atoms. The van der Waals surface area contributed by atoms with Gasteiger partial charge in [0.15, 0.2) is 0 Å². The van der Waals surface area contributed by atoms with Gasteiger partial charge in [0.2, 0.25) is 5.82 Å². The number of nitrogens with two attached hydrogens (primary N) is 1. The van der Waals surface area contributed by atoms with E-state index in [1.165, 1.54) is 6.07 Å². The summed E-state index contributed by atoms with van der Waals surface area (Å²) < 4.78 is 37.9. The van der Waals surface area contributed by atoms with Crippen LogP contribution in [0.4, 0.5) is 24.8 Å². The van der Waals surface area contributed by atoms with Crippen LogP contribution in [0.3, 0.4) is 0 Å². The van der Waals surface area contributed by atoms with Crippen molar-refractivity contribution in [3.8, 4) is 0 Å². The zero-order valence-corrected chi connectivity index (χ0v) is 10.4. The van der Waals surface area contributed by atoms with E-state index in [4.69, 9.17) is 5.73 Å². The summed E-state index contributed by atoms with van der Waals surface area (Å²) in [6, 6.07) is 1.29. The normalized spacial score (nSPS) is 24.6. The van der Waals surface area contributed by atoms with Gasteiger partial charge in [-0.15, -0.1) is 0 Å². The second-order valence-corrected chi connectivity index (χ2v) is 4.99. The van der Waals surface area contributed by atoms with E-state index < -0.39 is 17.6 Å². The molecular weight excluding hydrogens is 261 g/mol. The summed E-state index contributed by atoms with van der Waals surface area (Å²) in [4.78, 5) is 8.28. The fraction of sp³-hybridized carbons (Fsp3) is 0.636. The highest BCUT2D eigenvalue weighted by Crippen LogP contribution is 2.30. The van der Waals surface area contributed by atoms with Crippen molar-refractivity contribution < 1.29 is 18.3 Å². The van der Waals surface area contributed by atoms with E-state index in [9.17, 15) is 18.3 Å². The van der Waals surface area contributed by atoms with E-state index in [0.717, 1.165) is 0 Å². The van der Waals surface area contributed by atoms with Gasteiger partial charge in [-0.3, -0.25) is 0 Å². The minimum atomic E-state index is -4.64. The van der Waals surface area contributed by atoms with Crippen LogP contribution >= 0.6 is 0 Å². The number of alkyl halides is 3. The largest absolute Gasteiger partial charge is 0.451 e. The SMILES string of the molecule is CC1(O)CCCN(c2cc(N)nc(C(F)(F)F)n2)C1. The van der Waals surface area contributed by atoms with E-state index in [1.807, 2.05) is 0 Å². The average Bonchev–Trinajstić information content (AvgIpc) is 2.25. The van der Waals surface area contributed by atoms with Crippen molar-refractivity contribution in [1.82, 2.24) is 9.97 Å². The summed E-state index contributed by atoms with van der Waals surface area (Å²) in [5, 5.41) is 9.97. The van der Waals surface area contributed by atoms with Crippen LogP contribution in [0.1, 0.15) is 25.6 Å². The Morgan fingerprint density at radius 2 is 2.11 bits per heavy atom. The number of nitrogen functional groups attached to an aromatic ring is 1. The topological polar surface area (TPSA) is 75.3 Å².